The van der Waals surface area contributed by atoms with Crippen LogP contribution in [-0.4, -0.2) is 28.7 Å². The van der Waals surface area contributed by atoms with Crippen LogP contribution in [0.3, 0.4) is 0 Å². The average Bonchev–Trinajstić information content (AvgIpc) is 3.40. The van der Waals surface area contributed by atoms with Crippen molar-refractivity contribution < 1.29 is 14.4 Å². The quantitative estimate of drug-likeness (QED) is 0.404. The topological polar surface area (TPSA) is 103 Å². The minimum atomic E-state index is -0.729. The summed E-state index contributed by atoms with van der Waals surface area (Å²) in [5.74, 6) is -1.34. The van der Waals surface area contributed by atoms with Gasteiger partial charge in [-0.15, -0.1) is 0 Å². The van der Waals surface area contributed by atoms with E-state index < -0.39 is 11.7 Å². The van der Waals surface area contributed by atoms with Gasteiger partial charge in [-0.2, -0.15) is 0 Å². The summed E-state index contributed by atoms with van der Waals surface area (Å²) in [6.07, 6.45) is 2.00. The largest absolute Gasteiger partial charge is 0.358 e. The molecule has 1 fully saturated rings. The molecule has 0 radical (unpaired) electrons. The monoisotopic (exact) mass is 376 g/mol. The molecule has 142 valence electrons. The highest BCUT2D eigenvalue weighted by molar-refractivity contribution is 6.48. The fourth-order valence-corrected chi connectivity index (χ4v) is 3.13. The number of aromatic amines is 1. The Balaban J connectivity index is 1.48. The van der Waals surface area contributed by atoms with Crippen molar-refractivity contribution >= 4 is 40.0 Å². The molecule has 1 saturated carbocycles. The molecule has 0 unspecified atom stereocenters. The zero-order chi connectivity index (χ0) is 19.7. The number of ketones is 1. The number of hydrogen-bond donors (Lipinski definition) is 4. The van der Waals surface area contributed by atoms with Crippen LogP contribution in [-0.2, 0) is 4.79 Å². The van der Waals surface area contributed by atoms with Crippen LogP contribution >= 0.6 is 0 Å². The lowest BCUT2D eigenvalue weighted by Gasteiger charge is -2.09. The van der Waals surface area contributed by atoms with Crippen molar-refractivity contribution in [3.8, 4) is 0 Å². The maximum absolute atomic E-state index is 12.7. The zero-order valence-corrected chi connectivity index (χ0v) is 15.3. The number of carbonyl (C=O) groups excluding carboxylic acids is 3. The number of aromatic nitrogens is 1. The van der Waals surface area contributed by atoms with Gasteiger partial charge in [0.15, 0.2) is 0 Å². The number of hydrogen-bond acceptors (Lipinski definition) is 3. The van der Waals surface area contributed by atoms with Crippen molar-refractivity contribution in [2.45, 2.75) is 25.8 Å². The SMILES string of the molecule is Cc1[nH]c2ccccc2c1C(=O)C(=O)Nc1cccc(NC(=O)NC2CC2)c1. The van der Waals surface area contributed by atoms with Crippen LogP contribution in [0.5, 0.6) is 0 Å². The van der Waals surface area contributed by atoms with Gasteiger partial charge in [0.05, 0.1) is 5.56 Å². The molecule has 0 saturated heterocycles. The van der Waals surface area contributed by atoms with Crippen molar-refractivity contribution in [2.75, 3.05) is 10.6 Å². The summed E-state index contributed by atoms with van der Waals surface area (Å²) in [4.78, 5) is 40.2. The number of urea groups is 1. The van der Waals surface area contributed by atoms with Crippen molar-refractivity contribution in [2.24, 2.45) is 0 Å². The number of rotatable bonds is 5. The van der Waals surface area contributed by atoms with Crippen molar-refractivity contribution in [3.05, 3.63) is 59.8 Å². The summed E-state index contributed by atoms with van der Waals surface area (Å²) in [5, 5.41) is 8.88. The number of aryl methyl sites for hydroxylation is 1. The number of fused-ring (bicyclic) bond motifs is 1. The van der Waals surface area contributed by atoms with Gasteiger partial charge in [0.2, 0.25) is 0 Å². The van der Waals surface area contributed by atoms with Gasteiger partial charge in [0.25, 0.3) is 11.7 Å². The molecule has 3 aromatic rings. The number of amides is 3. The van der Waals surface area contributed by atoms with E-state index in [0.717, 1.165) is 18.4 Å². The van der Waals surface area contributed by atoms with E-state index in [1.54, 1.807) is 31.2 Å². The van der Waals surface area contributed by atoms with Crippen LogP contribution in [0.2, 0.25) is 0 Å². The molecule has 0 spiro atoms. The van der Waals surface area contributed by atoms with Gasteiger partial charge in [0, 0.05) is 34.0 Å². The van der Waals surface area contributed by atoms with E-state index >= 15 is 0 Å². The fourth-order valence-electron chi connectivity index (χ4n) is 3.13. The third-order valence-corrected chi connectivity index (χ3v) is 4.62. The molecule has 1 heterocycles. The van der Waals surface area contributed by atoms with E-state index in [1.807, 2.05) is 24.3 Å². The highest BCUT2D eigenvalue weighted by atomic mass is 16.2. The van der Waals surface area contributed by atoms with Gasteiger partial charge in [-0.1, -0.05) is 24.3 Å². The number of anilines is 2. The van der Waals surface area contributed by atoms with Gasteiger partial charge in [-0.3, -0.25) is 9.59 Å². The summed E-state index contributed by atoms with van der Waals surface area (Å²) in [6.45, 7) is 1.77. The molecule has 4 rings (SSSR count). The van der Waals surface area contributed by atoms with E-state index in [0.29, 0.717) is 28.0 Å². The predicted molar refractivity (Wildman–Crippen MR) is 108 cm³/mol. The fraction of sp³-hybridized carbons (Fsp3) is 0.190. The van der Waals surface area contributed by atoms with Gasteiger partial charge >= 0.3 is 6.03 Å². The Bertz CT molecular complexity index is 1080. The molecule has 7 nitrogen and oxygen atoms in total. The number of nitrogens with one attached hydrogen (secondary N) is 4. The van der Waals surface area contributed by atoms with Crippen LogP contribution in [0.4, 0.5) is 16.2 Å². The number of Topliss-reactive ketones (excluding diaryl/α,β-unsaturated/α-hetero) is 1. The molecule has 3 amide bonds. The molecule has 2 aromatic carbocycles. The molecular weight excluding hydrogens is 356 g/mol. The Labute approximate surface area is 161 Å². The second-order valence-corrected chi connectivity index (χ2v) is 6.91. The second kappa shape index (κ2) is 7.19. The summed E-state index contributed by atoms with van der Waals surface area (Å²) in [5.41, 5.74) is 2.79. The molecule has 7 heteroatoms. The van der Waals surface area contributed by atoms with Crippen LogP contribution < -0.4 is 16.0 Å². The summed E-state index contributed by atoms with van der Waals surface area (Å²) < 4.78 is 0. The van der Waals surface area contributed by atoms with Gasteiger partial charge < -0.3 is 20.9 Å². The van der Waals surface area contributed by atoms with Crippen LogP contribution in [0.25, 0.3) is 10.9 Å². The molecule has 28 heavy (non-hydrogen) atoms. The third kappa shape index (κ3) is 3.73. The molecule has 1 aliphatic carbocycles. The summed E-state index contributed by atoms with van der Waals surface area (Å²) >= 11 is 0. The molecule has 1 aromatic heterocycles. The molecule has 1 aliphatic rings. The van der Waals surface area contributed by atoms with Gasteiger partial charge in [0.1, 0.15) is 0 Å². The molecule has 0 bridgehead atoms. The van der Waals surface area contributed by atoms with E-state index in [-0.39, 0.29) is 12.1 Å². The number of carbonyl (C=O) groups is 3. The molecule has 0 atom stereocenters. The van der Waals surface area contributed by atoms with E-state index in [2.05, 4.69) is 20.9 Å². The Hall–Kier alpha value is -3.61. The highest BCUT2D eigenvalue weighted by Crippen LogP contribution is 2.23. The molecule has 0 aliphatic heterocycles. The number of benzene rings is 2. The third-order valence-electron chi connectivity index (χ3n) is 4.62. The van der Waals surface area contributed by atoms with Crippen LogP contribution in [0.1, 0.15) is 28.9 Å². The smallest absolute Gasteiger partial charge is 0.319 e. The van der Waals surface area contributed by atoms with Gasteiger partial charge in [-0.05, 0) is 44.0 Å². The number of para-hydroxylation sites is 1. The lowest BCUT2D eigenvalue weighted by Crippen LogP contribution is -2.30. The first-order chi connectivity index (χ1) is 13.5. The summed E-state index contributed by atoms with van der Waals surface area (Å²) in [7, 11) is 0. The van der Waals surface area contributed by atoms with Crippen molar-refractivity contribution in [3.63, 3.8) is 0 Å². The van der Waals surface area contributed by atoms with Crippen molar-refractivity contribution in [1.82, 2.24) is 10.3 Å². The van der Waals surface area contributed by atoms with E-state index in [9.17, 15) is 14.4 Å². The number of H-pyrrole nitrogens is 1. The Morgan fingerprint density at radius 3 is 2.43 bits per heavy atom. The minimum absolute atomic E-state index is 0.250. The predicted octanol–water partition coefficient (Wildman–Crippen LogP) is 3.58. The first kappa shape index (κ1) is 17.8. The average molecular weight is 376 g/mol. The Kier molecular flexibility index (Phi) is 4.57. The van der Waals surface area contributed by atoms with Crippen LogP contribution in [0.15, 0.2) is 48.5 Å². The Morgan fingerprint density at radius 1 is 0.964 bits per heavy atom. The normalized spacial score (nSPS) is 13.2. The minimum Gasteiger partial charge on any atom is -0.358 e. The molecular formula is C21H20N4O3. The van der Waals surface area contributed by atoms with Gasteiger partial charge in [-0.25, -0.2) is 4.79 Å². The highest BCUT2D eigenvalue weighted by Gasteiger charge is 2.24. The zero-order valence-electron chi connectivity index (χ0n) is 15.3. The second-order valence-electron chi connectivity index (χ2n) is 6.91. The maximum Gasteiger partial charge on any atom is 0.319 e. The lowest BCUT2D eigenvalue weighted by molar-refractivity contribution is -0.112. The standard InChI is InChI=1S/C21H20N4O3/c1-12-18(16-7-2-3-8-17(16)22-12)19(26)20(27)23-14-5-4-6-15(11-14)25-21(28)24-13-9-10-13/h2-8,11,13,22H,9-10H2,1H3,(H,23,27)(H2,24,25,28). The van der Waals surface area contributed by atoms with Crippen LogP contribution in [0, 0.1) is 6.92 Å². The summed E-state index contributed by atoms with van der Waals surface area (Å²) in [6, 6.07) is 14.0. The van der Waals surface area contributed by atoms with E-state index in [4.69, 9.17) is 0 Å². The first-order valence-electron chi connectivity index (χ1n) is 9.12. The van der Waals surface area contributed by atoms with E-state index in [1.165, 1.54) is 0 Å². The maximum atomic E-state index is 12.7. The lowest BCUT2D eigenvalue weighted by atomic mass is 10.1. The molecule has 4 N–H and O–H groups in total. The Morgan fingerprint density at radius 2 is 1.68 bits per heavy atom. The first-order valence-corrected chi connectivity index (χ1v) is 9.12. The van der Waals surface area contributed by atoms with Crippen molar-refractivity contribution in [1.29, 1.82) is 0 Å².